The Morgan fingerprint density at radius 3 is 2.06 bits per heavy atom. The number of aryl methyl sites for hydroxylation is 1. The van der Waals surface area contributed by atoms with Gasteiger partial charge in [-0.15, -0.1) is 11.3 Å². The van der Waals surface area contributed by atoms with Crippen LogP contribution in [0.1, 0.15) is 119 Å². The normalized spacial score (nSPS) is 21.5. The summed E-state index contributed by atoms with van der Waals surface area (Å²) in [5, 5.41) is 31.9. The van der Waals surface area contributed by atoms with Crippen LogP contribution in [0.3, 0.4) is 0 Å². The van der Waals surface area contributed by atoms with Crippen LogP contribution in [0.2, 0.25) is 6.32 Å². The highest BCUT2D eigenvalue weighted by Crippen LogP contribution is 2.39. The van der Waals surface area contributed by atoms with E-state index in [4.69, 9.17) is 34.0 Å². The van der Waals surface area contributed by atoms with Crippen LogP contribution in [0.5, 0.6) is 0 Å². The van der Waals surface area contributed by atoms with Crippen molar-refractivity contribution in [2.45, 2.75) is 174 Å². The lowest BCUT2D eigenvalue weighted by molar-refractivity contribution is -0.144. The van der Waals surface area contributed by atoms with Gasteiger partial charge in [0.05, 0.1) is 59.8 Å². The Labute approximate surface area is 474 Å². The van der Waals surface area contributed by atoms with Crippen LogP contribution >= 0.6 is 11.3 Å². The van der Waals surface area contributed by atoms with Gasteiger partial charge in [0, 0.05) is 45.1 Å². The minimum absolute atomic E-state index is 0.0506. The Hall–Kier alpha value is -5.28. The lowest BCUT2D eigenvalue weighted by Gasteiger charge is -2.35. The molecule has 3 fully saturated rings. The van der Waals surface area contributed by atoms with Crippen molar-refractivity contribution in [1.29, 1.82) is 0 Å². The maximum atomic E-state index is 14.0. The summed E-state index contributed by atoms with van der Waals surface area (Å²) < 4.78 is 34.1. The van der Waals surface area contributed by atoms with E-state index in [9.17, 15) is 43.8 Å². The number of unbranched alkanes of at least 4 members (excludes halogenated alkanes) is 1. The van der Waals surface area contributed by atoms with Crippen LogP contribution in [-0.4, -0.2) is 186 Å². The van der Waals surface area contributed by atoms with Crippen molar-refractivity contribution in [2.75, 3.05) is 65.8 Å². The number of carboxylic acids is 1. The van der Waals surface area contributed by atoms with E-state index >= 15 is 0 Å². The monoisotopic (exact) mass is 1140 g/mol. The topological polar surface area (TPSA) is 309 Å². The van der Waals surface area contributed by atoms with Gasteiger partial charge in [0.15, 0.2) is 0 Å². The van der Waals surface area contributed by atoms with E-state index in [0.29, 0.717) is 32.0 Å². The van der Waals surface area contributed by atoms with E-state index in [1.54, 1.807) is 58.4 Å². The second-order valence-corrected chi connectivity index (χ2v) is 24.9. The first kappa shape index (κ1) is 65.5. The van der Waals surface area contributed by atoms with E-state index in [1.807, 2.05) is 58.9 Å². The number of hydrogen-bond donors (Lipinski definition) is 7. The molecule has 446 valence electrons. The number of aromatic nitrogens is 1. The number of nitrogens with one attached hydrogen (secondary N) is 4. The molecule has 2 aromatic rings. The summed E-state index contributed by atoms with van der Waals surface area (Å²) in [6, 6.07) is 4.79. The predicted octanol–water partition coefficient (Wildman–Crippen LogP) is 3.57. The minimum atomic E-state index is -1.70. The molecule has 0 saturated carbocycles. The number of carbonyl (C=O) groups excluding carboxylic acids is 6. The van der Waals surface area contributed by atoms with Gasteiger partial charge in [-0.1, -0.05) is 51.5 Å². The maximum absolute atomic E-state index is 14.0. The first-order chi connectivity index (χ1) is 37.4. The lowest BCUT2D eigenvalue weighted by Crippen LogP contribution is -2.58. The average molecular weight is 1140 g/mol. The molecular formula is C55H87BN8O15S. The van der Waals surface area contributed by atoms with Crippen molar-refractivity contribution in [3.8, 4) is 10.4 Å². The highest BCUT2D eigenvalue weighted by atomic mass is 32.1. The molecule has 0 bridgehead atoms. The summed E-state index contributed by atoms with van der Waals surface area (Å²) in [4.78, 5) is 101. The Balaban J connectivity index is 0.962. The van der Waals surface area contributed by atoms with Gasteiger partial charge in [-0.3, -0.25) is 28.8 Å². The number of carbonyl (C=O) groups is 7. The number of thiazole rings is 1. The number of rotatable bonds is 28. The third-order valence-electron chi connectivity index (χ3n) is 14.8. The van der Waals surface area contributed by atoms with E-state index < -0.39 is 101 Å². The van der Waals surface area contributed by atoms with E-state index in [1.165, 1.54) is 9.80 Å². The van der Waals surface area contributed by atoms with Crippen molar-refractivity contribution < 1.29 is 72.0 Å². The Morgan fingerprint density at radius 2 is 1.48 bits per heavy atom. The van der Waals surface area contributed by atoms with Gasteiger partial charge in [-0.2, -0.15) is 0 Å². The third kappa shape index (κ3) is 18.9. The van der Waals surface area contributed by atoms with Crippen LogP contribution in [0, 0.1) is 18.3 Å². The summed E-state index contributed by atoms with van der Waals surface area (Å²) >= 11 is 1.55. The minimum Gasteiger partial charge on any atom is -0.480 e. The zero-order chi connectivity index (χ0) is 59.2. The smallest absolute Gasteiger partial charge is 0.457 e. The van der Waals surface area contributed by atoms with Crippen molar-refractivity contribution in [1.82, 2.24) is 36.1 Å². The number of amides is 6. The molecule has 0 spiro atoms. The molecule has 5 rings (SSSR count). The van der Waals surface area contributed by atoms with Crippen LogP contribution in [0.25, 0.3) is 10.4 Å². The van der Waals surface area contributed by atoms with Crippen molar-refractivity contribution in [2.24, 2.45) is 17.1 Å². The van der Waals surface area contributed by atoms with E-state index in [0.717, 1.165) is 21.7 Å². The fourth-order valence-electron chi connectivity index (χ4n) is 9.64. The highest BCUT2D eigenvalue weighted by molar-refractivity contribution is 7.13. The molecule has 80 heavy (non-hydrogen) atoms. The number of aliphatic hydroxyl groups is 1. The number of aliphatic carboxylic acids is 1. The van der Waals surface area contributed by atoms with Crippen LogP contribution < -0.4 is 27.0 Å². The quantitative estimate of drug-likeness (QED) is 0.0473. The van der Waals surface area contributed by atoms with Gasteiger partial charge in [0.2, 0.25) is 29.5 Å². The Kier molecular flexibility index (Phi) is 23.4. The van der Waals surface area contributed by atoms with Gasteiger partial charge in [0.25, 0.3) is 0 Å². The van der Waals surface area contributed by atoms with Crippen molar-refractivity contribution in [3.05, 3.63) is 41.0 Å². The van der Waals surface area contributed by atoms with Crippen molar-refractivity contribution in [3.63, 3.8) is 0 Å². The van der Waals surface area contributed by atoms with Gasteiger partial charge in [-0.05, 0) is 104 Å². The van der Waals surface area contributed by atoms with Gasteiger partial charge in [-0.25, -0.2) is 9.78 Å². The zero-order valence-electron chi connectivity index (χ0n) is 48.6. The summed E-state index contributed by atoms with van der Waals surface area (Å²) in [5.74, 6) is -4.08. The number of β-amino-alcohol motifs (C(OH)–C–C–N with tert-alkyl or cyclic N) is 1. The molecule has 6 atom stereocenters. The second kappa shape index (κ2) is 28.6. The molecule has 4 heterocycles. The molecule has 3 saturated heterocycles. The summed E-state index contributed by atoms with van der Waals surface area (Å²) in [5.41, 5.74) is 6.84. The standard InChI is InChI=1S/C55H87BN8O15S/c1-35-44(80-34-60-35)37-19-17-36(18-20-37)28-59-46(68)41-27-39(65)30-64(41)48(70)45(51(2,3)4)62-43(67)32-76-26-24-74-23-25-75-31-42(66)58-22-13-12-16-40(61-50(73)77-52(5,6)7)47(69)63-29-38(55(57,33-63)49(71)72)15-14-21-56-78-53(8,9)54(10,11)79-56/h17-20,34,38-41,45,65H,12-16,21-33,57H2,1-11H3,(H,58,66)(H,59,68)(H,61,73)(H,62,67)(H,71,72)/t38-,39+,40-,41-,45+,55-/m0/s1. The van der Waals surface area contributed by atoms with Crippen LogP contribution in [-0.2, 0) is 63.6 Å². The Bertz CT molecular complexity index is 2420. The molecule has 6 amide bonds. The van der Waals surface area contributed by atoms with E-state index in [-0.39, 0.29) is 91.1 Å². The summed E-state index contributed by atoms with van der Waals surface area (Å²) in [6.07, 6.45) is 0.881. The predicted molar refractivity (Wildman–Crippen MR) is 299 cm³/mol. The number of nitrogens with zero attached hydrogens (tertiary/aromatic N) is 3. The molecule has 3 aliphatic rings. The summed E-state index contributed by atoms with van der Waals surface area (Å²) in [7, 11) is -0.457. The SMILES string of the molecule is Cc1ncsc1-c1ccc(CNC(=O)[C@@H]2C[C@@H](O)CN2C(=O)[C@@H](NC(=O)COCCOCCOCC(=O)NCCCC[C@H](NC(=O)OC(C)(C)C)C(=O)N2C[C@H](CCCB3OC(C)(C)C(C)(C)O3)[C@](N)(C(=O)O)C2)C(C)(C)C)cc1. The molecule has 1 aromatic carbocycles. The fraction of sp³-hybridized carbons (Fsp3) is 0.709. The van der Waals surface area contributed by atoms with Crippen LogP contribution in [0.15, 0.2) is 29.8 Å². The summed E-state index contributed by atoms with van der Waals surface area (Å²) in [6.45, 7) is 20.3. The molecular weight excluding hydrogens is 1060 g/mol. The first-order valence-electron chi connectivity index (χ1n) is 27.6. The van der Waals surface area contributed by atoms with Crippen LogP contribution in [0.4, 0.5) is 4.79 Å². The molecule has 0 aliphatic carbocycles. The molecule has 0 radical (unpaired) electrons. The molecule has 1 aromatic heterocycles. The number of ether oxygens (including phenoxy) is 4. The highest BCUT2D eigenvalue weighted by Gasteiger charge is 2.53. The lowest BCUT2D eigenvalue weighted by atomic mass is 9.78. The second-order valence-electron chi connectivity index (χ2n) is 24.1. The maximum Gasteiger partial charge on any atom is 0.457 e. The first-order valence-corrected chi connectivity index (χ1v) is 28.5. The third-order valence-corrected chi connectivity index (χ3v) is 15.8. The molecule has 25 heteroatoms. The number of benzene rings is 1. The number of nitrogens with two attached hydrogens (primary N) is 1. The number of hydrogen-bond acceptors (Lipinski definition) is 17. The Morgan fingerprint density at radius 1 is 0.850 bits per heavy atom. The van der Waals surface area contributed by atoms with Gasteiger partial charge >= 0.3 is 19.2 Å². The molecule has 0 unspecified atom stereocenters. The molecule has 8 N–H and O–H groups in total. The fourth-order valence-corrected chi connectivity index (χ4v) is 10.5. The zero-order valence-corrected chi connectivity index (χ0v) is 49.4. The molecule has 23 nitrogen and oxygen atoms in total. The number of likely N-dealkylation sites (tertiary alicyclic amines) is 2. The number of alkyl carbamates (subject to hydrolysis) is 1. The largest absolute Gasteiger partial charge is 0.480 e. The number of carboxylic acid groups (broad SMARTS) is 1. The molecule has 3 aliphatic heterocycles. The van der Waals surface area contributed by atoms with E-state index in [2.05, 4.69) is 26.3 Å². The van der Waals surface area contributed by atoms with Crippen molar-refractivity contribution >= 4 is 60.1 Å². The van der Waals surface area contributed by atoms with Gasteiger partial charge in [0.1, 0.15) is 42.5 Å². The average Bonchev–Trinajstić information content (AvgIpc) is 4.12. The number of aliphatic hydroxyl groups excluding tert-OH is 1. The van der Waals surface area contributed by atoms with Gasteiger partial charge < -0.3 is 75.3 Å².